The summed E-state index contributed by atoms with van der Waals surface area (Å²) < 4.78 is 0. The van der Waals surface area contributed by atoms with E-state index in [1.165, 1.54) is 11.1 Å². The van der Waals surface area contributed by atoms with Crippen molar-refractivity contribution in [2.45, 2.75) is 33.6 Å². The first-order valence-electron chi connectivity index (χ1n) is 6.13. The van der Waals surface area contributed by atoms with E-state index < -0.39 is 0 Å². The van der Waals surface area contributed by atoms with Gasteiger partial charge in [0.2, 0.25) is 0 Å². The molecule has 4 heteroatoms. The van der Waals surface area contributed by atoms with Gasteiger partial charge in [0.25, 0.3) is 0 Å². The minimum atomic E-state index is 0.308. The fourth-order valence-corrected chi connectivity index (χ4v) is 3.09. The highest BCUT2D eigenvalue weighted by Crippen LogP contribution is 2.27. The Bertz CT molecular complexity index is 537. The molecule has 0 radical (unpaired) electrons. The van der Waals surface area contributed by atoms with Crippen LogP contribution in [0.3, 0.4) is 0 Å². The lowest BCUT2D eigenvalue weighted by Gasteiger charge is -2.15. The van der Waals surface area contributed by atoms with Gasteiger partial charge >= 0.3 is 0 Å². The lowest BCUT2D eigenvalue weighted by Crippen LogP contribution is -2.14. The second-order valence-corrected chi connectivity index (χ2v) is 5.48. The van der Waals surface area contributed by atoms with Crippen LogP contribution in [-0.2, 0) is 0 Å². The second-order valence-electron chi connectivity index (χ2n) is 4.74. The molecule has 2 aromatic heterocycles. The molecule has 0 saturated carbocycles. The van der Waals surface area contributed by atoms with Crippen molar-refractivity contribution in [3.8, 4) is 11.4 Å². The zero-order valence-corrected chi connectivity index (χ0v) is 12.1. The Morgan fingerprint density at radius 1 is 1.17 bits per heavy atom. The molecule has 0 bridgehead atoms. The molecule has 0 aliphatic carbocycles. The van der Waals surface area contributed by atoms with Gasteiger partial charge in [-0.1, -0.05) is 6.92 Å². The van der Waals surface area contributed by atoms with E-state index >= 15 is 0 Å². The fourth-order valence-electron chi connectivity index (χ4n) is 2.27. The van der Waals surface area contributed by atoms with Crippen molar-refractivity contribution in [1.82, 2.24) is 9.97 Å². The maximum Gasteiger partial charge on any atom is 0.160 e. The number of aryl methyl sites for hydroxylation is 3. The Labute approximate surface area is 112 Å². The average Bonchev–Trinajstić information content (AvgIpc) is 2.74. The van der Waals surface area contributed by atoms with Crippen molar-refractivity contribution >= 4 is 11.3 Å². The minimum absolute atomic E-state index is 0.308. The molecule has 0 spiro atoms. The van der Waals surface area contributed by atoms with E-state index in [1.807, 2.05) is 13.8 Å². The van der Waals surface area contributed by atoms with Crippen LogP contribution in [0.25, 0.3) is 11.4 Å². The minimum Gasteiger partial charge on any atom is -0.330 e. The highest BCUT2D eigenvalue weighted by atomic mass is 32.1. The van der Waals surface area contributed by atoms with Crippen molar-refractivity contribution in [2.75, 3.05) is 6.54 Å². The normalized spacial score (nSPS) is 12.7. The monoisotopic (exact) mass is 261 g/mol. The molecule has 0 aliphatic heterocycles. The van der Waals surface area contributed by atoms with Gasteiger partial charge in [-0.25, -0.2) is 9.97 Å². The first kappa shape index (κ1) is 13.2. The molecular weight excluding hydrogens is 242 g/mol. The van der Waals surface area contributed by atoms with Gasteiger partial charge in [0.05, 0.1) is 0 Å². The summed E-state index contributed by atoms with van der Waals surface area (Å²) in [6, 6.07) is 0. The zero-order valence-electron chi connectivity index (χ0n) is 11.3. The smallest absolute Gasteiger partial charge is 0.160 e. The van der Waals surface area contributed by atoms with Gasteiger partial charge in [0.15, 0.2) is 5.82 Å². The van der Waals surface area contributed by atoms with E-state index in [2.05, 4.69) is 34.6 Å². The summed E-state index contributed by atoms with van der Waals surface area (Å²) in [4.78, 5) is 9.29. The maximum absolute atomic E-state index is 5.74. The summed E-state index contributed by atoms with van der Waals surface area (Å²) in [5.41, 5.74) is 11.4. The summed E-state index contributed by atoms with van der Waals surface area (Å²) in [5, 5.41) is 4.23. The van der Waals surface area contributed by atoms with Crippen molar-refractivity contribution in [2.24, 2.45) is 5.73 Å². The maximum atomic E-state index is 5.74. The molecule has 2 aromatic rings. The predicted molar refractivity (Wildman–Crippen MR) is 77.0 cm³/mol. The van der Waals surface area contributed by atoms with Crippen LogP contribution in [0, 0.1) is 20.8 Å². The molecule has 2 rings (SSSR count). The molecule has 1 atom stereocenters. The van der Waals surface area contributed by atoms with E-state index in [9.17, 15) is 0 Å². The summed E-state index contributed by atoms with van der Waals surface area (Å²) >= 11 is 1.69. The highest BCUT2D eigenvalue weighted by molar-refractivity contribution is 7.08. The number of hydrogen-bond acceptors (Lipinski definition) is 4. The summed E-state index contributed by atoms with van der Waals surface area (Å²) in [6.45, 7) is 8.93. The molecule has 0 saturated heterocycles. The molecule has 0 aromatic carbocycles. The Balaban J connectivity index is 2.52. The lowest BCUT2D eigenvalue weighted by molar-refractivity contribution is 0.744. The third-order valence-electron chi connectivity index (χ3n) is 3.27. The van der Waals surface area contributed by atoms with Gasteiger partial charge in [-0.2, -0.15) is 11.3 Å². The van der Waals surface area contributed by atoms with Crippen LogP contribution < -0.4 is 5.73 Å². The molecule has 0 fully saturated rings. The van der Waals surface area contributed by atoms with Crippen molar-refractivity contribution in [3.05, 3.63) is 33.3 Å². The van der Waals surface area contributed by atoms with Crippen molar-refractivity contribution < 1.29 is 0 Å². The Morgan fingerprint density at radius 3 is 2.22 bits per heavy atom. The molecule has 96 valence electrons. The van der Waals surface area contributed by atoms with Crippen molar-refractivity contribution in [3.63, 3.8) is 0 Å². The standard InChI is InChI=1S/C14H19N3S/c1-8(5-15)13-10(3)16-14(17-11(13)4)12-7-18-6-9(12)2/h6-8H,5,15H2,1-4H3. The lowest BCUT2D eigenvalue weighted by atomic mass is 9.98. The summed E-state index contributed by atoms with van der Waals surface area (Å²) in [6.07, 6.45) is 0. The number of thiophene rings is 1. The molecule has 2 heterocycles. The van der Waals surface area contributed by atoms with Crippen LogP contribution in [0.5, 0.6) is 0 Å². The molecular formula is C14H19N3S. The number of aromatic nitrogens is 2. The van der Waals surface area contributed by atoms with E-state index in [1.54, 1.807) is 11.3 Å². The van der Waals surface area contributed by atoms with Crippen LogP contribution in [0.1, 0.15) is 35.4 Å². The zero-order chi connectivity index (χ0) is 13.3. The van der Waals surface area contributed by atoms with Gasteiger partial charge in [-0.05, 0) is 49.7 Å². The number of hydrogen-bond donors (Lipinski definition) is 1. The van der Waals surface area contributed by atoms with Crippen LogP contribution in [0.2, 0.25) is 0 Å². The van der Waals surface area contributed by atoms with Gasteiger partial charge < -0.3 is 5.73 Å². The highest BCUT2D eigenvalue weighted by Gasteiger charge is 2.15. The van der Waals surface area contributed by atoms with Crippen LogP contribution >= 0.6 is 11.3 Å². The van der Waals surface area contributed by atoms with E-state index in [-0.39, 0.29) is 0 Å². The summed E-state index contributed by atoms with van der Waals surface area (Å²) in [5.74, 6) is 1.14. The van der Waals surface area contributed by atoms with Gasteiger partial charge in [0.1, 0.15) is 0 Å². The Hall–Kier alpha value is -1.26. The van der Waals surface area contributed by atoms with E-state index in [0.717, 1.165) is 22.8 Å². The SMILES string of the molecule is Cc1cscc1-c1nc(C)c(C(C)CN)c(C)n1. The van der Waals surface area contributed by atoms with Crippen LogP contribution in [0.15, 0.2) is 10.8 Å². The van der Waals surface area contributed by atoms with Crippen LogP contribution in [0.4, 0.5) is 0 Å². The van der Waals surface area contributed by atoms with E-state index in [0.29, 0.717) is 12.5 Å². The number of nitrogens with two attached hydrogens (primary N) is 1. The average molecular weight is 261 g/mol. The van der Waals surface area contributed by atoms with Gasteiger partial charge in [-0.3, -0.25) is 0 Å². The molecule has 1 unspecified atom stereocenters. The van der Waals surface area contributed by atoms with Crippen molar-refractivity contribution in [1.29, 1.82) is 0 Å². The largest absolute Gasteiger partial charge is 0.330 e. The quantitative estimate of drug-likeness (QED) is 0.923. The number of rotatable bonds is 3. The third kappa shape index (κ3) is 2.31. The molecule has 2 N–H and O–H groups in total. The second kappa shape index (κ2) is 5.16. The molecule has 0 aliphatic rings. The Kier molecular flexibility index (Phi) is 3.78. The predicted octanol–water partition coefficient (Wildman–Crippen LogP) is 3.19. The van der Waals surface area contributed by atoms with Gasteiger partial charge in [0, 0.05) is 22.3 Å². The topological polar surface area (TPSA) is 51.8 Å². The first-order chi connectivity index (χ1) is 8.54. The van der Waals surface area contributed by atoms with Gasteiger partial charge in [-0.15, -0.1) is 0 Å². The first-order valence-corrected chi connectivity index (χ1v) is 7.07. The summed E-state index contributed by atoms with van der Waals surface area (Å²) in [7, 11) is 0. The molecule has 3 nitrogen and oxygen atoms in total. The molecule has 0 amide bonds. The van der Waals surface area contributed by atoms with E-state index in [4.69, 9.17) is 5.73 Å². The number of nitrogens with zero attached hydrogens (tertiary/aromatic N) is 2. The molecule has 18 heavy (non-hydrogen) atoms. The van der Waals surface area contributed by atoms with Crippen LogP contribution in [-0.4, -0.2) is 16.5 Å². The third-order valence-corrected chi connectivity index (χ3v) is 4.13. The fraction of sp³-hybridized carbons (Fsp3) is 0.429. The Morgan fingerprint density at radius 2 is 1.78 bits per heavy atom.